The first kappa shape index (κ1) is 15.2. The van der Waals surface area contributed by atoms with Gasteiger partial charge in [-0.2, -0.15) is 0 Å². The molecule has 2 aromatic rings. The van der Waals surface area contributed by atoms with Gasteiger partial charge in [-0.1, -0.05) is 30.7 Å². The number of ether oxygens (including phenoxy) is 2. The van der Waals surface area contributed by atoms with E-state index in [0.717, 1.165) is 15.6 Å². The average molecular weight is 312 g/mol. The van der Waals surface area contributed by atoms with Crippen LogP contribution in [-0.2, 0) is 0 Å². The van der Waals surface area contributed by atoms with Gasteiger partial charge in [0, 0.05) is 10.9 Å². The second kappa shape index (κ2) is 6.97. The van der Waals surface area contributed by atoms with Gasteiger partial charge in [0.25, 0.3) is 0 Å². The fourth-order valence-corrected chi connectivity index (χ4v) is 3.07. The highest BCUT2D eigenvalue weighted by Crippen LogP contribution is 2.35. The van der Waals surface area contributed by atoms with Crippen molar-refractivity contribution in [1.82, 2.24) is 0 Å². The second-order valence-corrected chi connectivity index (χ2v) is 6.15. The Kier molecular flexibility index (Phi) is 5.29. The van der Waals surface area contributed by atoms with E-state index in [4.69, 9.17) is 26.8 Å². The number of nitrogens with two attached hydrogens (primary N) is 1. The van der Waals surface area contributed by atoms with Crippen molar-refractivity contribution in [2.45, 2.75) is 25.5 Å². The van der Waals surface area contributed by atoms with E-state index in [0.29, 0.717) is 11.5 Å². The van der Waals surface area contributed by atoms with Crippen molar-refractivity contribution in [2.75, 3.05) is 7.11 Å². The van der Waals surface area contributed by atoms with Gasteiger partial charge >= 0.3 is 0 Å². The molecular weight excluding hydrogens is 294 g/mol. The van der Waals surface area contributed by atoms with Crippen LogP contribution in [0.25, 0.3) is 0 Å². The van der Waals surface area contributed by atoms with Crippen LogP contribution in [0.3, 0.4) is 0 Å². The molecule has 0 aliphatic rings. The lowest BCUT2D eigenvalue weighted by molar-refractivity contribution is 0.168. The Hall–Kier alpha value is -1.23. The summed E-state index contributed by atoms with van der Waals surface area (Å²) in [5, 5.41) is 0. The number of rotatable bonds is 6. The molecule has 1 aromatic heterocycles. The van der Waals surface area contributed by atoms with Crippen molar-refractivity contribution in [3.63, 3.8) is 0 Å². The summed E-state index contributed by atoms with van der Waals surface area (Å²) in [7, 11) is 1.62. The van der Waals surface area contributed by atoms with E-state index in [2.05, 4.69) is 0 Å². The van der Waals surface area contributed by atoms with Crippen molar-refractivity contribution in [3.8, 4) is 11.5 Å². The molecule has 2 atom stereocenters. The first-order valence-corrected chi connectivity index (χ1v) is 7.65. The minimum absolute atomic E-state index is 0.102. The van der Waals surface area contributed by atoms with Crippen LogP contribution in [0.2, 0.25) is 4.34 Å². The van der Waals surface area contributed by atoms with Crippen molar-refractivity contribution in [3.05, 3.63) is 45.6 Å². The van der Waals surface area contributed by atoms with E-state index >= 15 is 0 Å². The average Bonchev–Trinajstić information content (AvgIpc) is 2.90. The lowest BCUT2D eigenvalue weighted by atomic mass is 10.1. The predicted molar refractivity (Wildman–Crippen MR) is 84.0 cm³/mol. The quantitative estimate of drug-likeness (QED) is 0.866. The minimum Gasteiger partial charge on any atom is -0.493 e. The smallest absolute Gasteiger partial charge is 0.162 e. The summed E-state index contributed by atoms with van der Waals surface area (Å²) >= 11 is 7.50. The van der Waals surface area contributed by atoms with E-state index in [-0.39, 0.29) is 12.1 Å². The van der Waals surface area contributed by atoms with Crippen LogP contribution in [0.15, 0.2) is 36.4 Å². The van der Waals surface area contributed by atoms with Crippen molar-refractivity contribution in [2.24, 2.45) is 5.73 Å². The molecule has 0 saturated carbocycles. The number of para-hydroxylation sites is 2. The van der Waals surface area contributed by atoms with E-state index in [9.17, 15) is 0 Å². The Labute approximate surface area is 128 Å². The molecule has 2 rings (SSSR count). The Morgan fingerprint density at radius 1 is 1.20 bits per heavy atom. The molecular formula is C15H18ClNO2S. The molecule has 2 unspecified atom stereocenters. The third kappa shape index (κ3) is 3.45. The summed E-state index contributed by atoms with van der Waals surface area (Å²) in [6.45, 7) is 2.04. The summed E-state index contributed by atoms with van der Waals surface area (Å²) in [5.41, 5.74) is 6.20. The van der Waals surface area contributed by atoms with Gasteiger partial charge in [-0.25, -0.2) is 0 Å². The number of methoxy groups -OCH3 is 1. The second-order valence-electron chi connectivity index (χ2n) is 4.40. The zero-order valence-electron chi connectivity index (χ0n) is 11.5. The molecule has 0 aliphatic carbocycles. The zero-order chi connectivity index (χ0) is 14.5. The summed E-state index contributed by atoms with van der Waals surface area (Å²) in [5.74, 6) is 1.39. The maximum atomic E-state index is 6.20. The molecule has 0 spiro atoms. The summed E-state index contributed by atoms with van der Waals surface area (Å²) in [6.07, 6.45) is 0.587. The van der Waals surface area contributed by atoms with Gasteiger partial charge in [0.1, 0.15) is 6.10 Å². The molecule has 0 amide bonds. The summed E-state index contributed by atoms with van der Waals surface area (Å²) in [4.78, 5) is 1.02. The van der Waals surface area contributed by atoms with E-state index in [1.165, 1.54) is 11.3 Å². The monoisotopic (exact) mass is 311 g/mol. The topological polar surface area (TPSA) is 44.5 Å². The molecule has 5 heteroatoms. The fraction of sp³-hybridized carbons (Fsp3) is 0.333. The van der Waals surface area contributed by atoms with E-state index < -0.39 is 0 Å². The number of hydrogen-bond acceptors (Lipinski definition) is 4. The molecule has 1 aromatic carbocycles. The first-order valence-electron chi connectivity index (χ1n) is 6.46. The molecule has 0 aliphatic heterocycles. The Morgan fingerprint density at radius 2 is 1.90 bits per heavy atom. The van der Waals surface area contributed by atoms with Gasteiger partial charge in [-0.05, 0) is 30.7 Å². The highest BCUT2D eigenvalue weighted by atomic mass is 35.5. The molecule has 0 saturated heterocycles. The fourth-order valence-electron chi connectivity index (χ4n) is 1.90. The van der Waals surface area contributed by atoms with E-state index in [1.54, 1.807) is 7.11 Å². The van der Waals surface area contributed by atoms with Gasteiger partial charge in [0.2, 0.25) is 0 Å². The highest BCUT2D eigenvalue weighted by molar-refractivity contribution is 7.16. The van der Waals surface area contributed by atoms with E-state index in [1.807, 2.05) is 43.3 Å². The normalized spacial score (nSPS) is 13.8. The molecule has 20 heavy (non-hydrogen) atoms. The molecule has 3 nitrogen and oxygen atoms in total. The van der Waals surface area contributed by atoms with Crippen LogP contribution in [0.5, 0.6) is 11.5 Å². The van der Waals surface area contributed by atoms with Gasteiger partial charge in [0.05, 0.1) is 11.4 Å². The molecule has 1 heterocycles. The molecule has 2 N–H and O–H groups in total. The van der Waals surface area contributed by atoms with Gasteiger partial charge in [-0.3, -0.25) is 0 Å². The van der Waals surface area contributed by atoms with Gasteiger partial charge in [-0.15, -0.1) is 11.3 Å². The van der Waals surface area contributed by atoms with Crippen LogP contribution in [0.4, 0.5) is 0 Å². The highest BCUT2D eigenvalue weighted by Gasteiger charge is 2.23. The SMILES string of the molecule is CCC(N)C(Oc1ccccc1OC)c1ccc(Cl)s1. The minimum atomic E-state index is -0.228. The zero-order valence-corrected chi connectivity index (χ0v) is 13.1. The van der Waals surface area contributed by atoms with Crippen LogP contribution in [-0.4, -0.2) is 13.2 Å². The van der Waals surface area contributed by atoms with Crippen molar-refractivity contribution in [1.29, 1.82) is 0 Å². The van der Waals surface area contributed by atoms with Gasteiger partial charge < -0.3 is 15.2 Å². The third-order valence-electron chi connectivity index (χ3n) is 3.06. The van der Waals surface area contributed by atoms with Crippen LogP contribution in [0.1, 0.15) is 24.3 Å². The van der Waals surface area contributed by atoms with Crippen LogP contribution >= 0.6 is 22.9 Å². The van der Waals surface area contributed by atoms with Crippen LogP contribution < -0.4 is 15.2 Å². The molecule has 108 valence electrons. The maximum Gasteiger partial charge on any atom is 0.162 e. The number of benzene rings is 1. The third-order valence-corrected chi connectivity index (χ3v) is 4.35. The molecule has 0 bridgehead atoms. The Morgan fingerprint density at radius 3 is 2.45 bits per heavy atom. The Balaban J connectivity index is 2.28. The molecule has 0 radical (unpaired) electrons. The Bertz CT molecular complexity index is 558. The van der Waals surface area contributed by atoms with Gasteiger partial charge in [0.15, 0.2) is 11.5 Å². The van der Waals surface area contributed by atoms with Crippen molar-refractivity contribution < 1.29 is 9.47 Å². The molecule has 0 fully saturated rings. The predicted octanol–water partition coefficient (Wildman–Crippen LogP) is 4.27. The summed E-state index contributed by atoms with van der Waals surface area (Å²) in [6, 6.07) is 11.3. The number of thiophene rings is 1. The first-order chi connectivity index (χ1) is 9.65. The van der Waals surface area contributed by atoms with Crippen molar-refractivity contribution >= 4 is 22.9 Å². The number of halogens is 1. The lowest BCUT2D eigenvalue weighted by Crippen LogP contribution is -2.31. The lowest BCUT2D eigenvalue weighted by Gasteiger charge is -2.24. The number of hydrogen-bond donors (Lipinski definition) is 1. The summed E-state index contributed by atoms with van der Waals surface area (Å²) < 4.78 is 12.1. The standard InChI is InChI=1S/C15H18ClNO2S/c1-3-10(17)15(13-8-9-14(16)20-13)19-12-7-5-4-6-11(12)18-2/h4-10,15H,3,17H2,1-2H3. The maximum absolute atomic E-state index is 6.20. The van der Waals surface area contributed by atoms with Crippen LogP contribution in [0, 0.1) is 0 Å². The largest absolute Gasteiger partial charge is 0.493 e.